The maximum absolute atomic E-state index is 11.7. The van der Waals surface area contributed by atoms with Crippen molar-refractivity contribution in [2.75, 3.05) is 0 Å². The summed E-state index contributed by atoms with van der Waals surface area (Å²) in [5, 5.41) is 16.5. The fraction of sp³-hybridized carbons (Fsp3) is 0.895. The van der Waals surface area contributed by atoms with Crippen molar-refractivity contribution >= 4 is 22.1 Å². The molecule has 0 fully saturated rings. The number of aliphatic carboxylic acids is 2. The van der Waals surface area contributed by atoms with Crippen LogP contribution < -0.4 is 0 Å². The topological polar surface area (TPSA) is 129 Å². The van der Waals surface area contributed by atoms with E-state index in [9.17, 15) is 32.8 Å². The maximum Gasteiger partial charge on any atom is 0.325 e. The Morgan fingerprint density at radius 3 is 1.56 bits per heavy atom. The Labute approximate surface area is 163 Å². The lowest BCUT2D eigenvalue weighted by molar-refractivity contribution is -0.150. The van der Waals surface area contributed by atoms with Crippen molar-refractivity contribution in [1.82, 2.24) is 0 Å². The number of unbranched alkanes of at least 4 members (excludes halogenated alkanes) is 8. The number of carbonyl (C=O) groups is 2. The van der Waals surface area contributed by atoms with Crippen molar-refractivity contribution in [2.24, 2.45) is 11.8 Å². The van der Waals surface area contributed by atoms with E-state index in [1.54, 1.807) is 0 Å². The van der Waals surface area contributed by atoms with Crippen LogP contribution >= 0.6 is 0 Å². The zero-order valence-corrected chi connectivity index (χ0v) is 17.4. The molecule has 3 N–H and O–H groups in total. The first-order valence-electron chi connectivity index (χ1n) is 10.1. The number of rotatable bonds is 17. The Bertz CT molecular complexity index is 530. The van der Waals surface area contributed by atoms with Gasteiger partial charge in [-0.05, 0) is 18.8 Å². The van der Waals surface area contributed by atoms with Gasteiger partial charge in [-0.3, -0.25) is 14.1 Å². The largest absolute Gasteiger partial charge is 0.481 e. The van der Waals surface area contributed by atoms with Crippen molar-refractivity contribution in [3.8, 4) is 0 Å². The zero-order valence-electron chi connectivity index (χ0n) is 16.6. The number of hydrogen-bond acceptors (Lipinski definition) is 4. The molecule has 0 saturated carbocycles. The molecule has 0 aliphatic rings. The molecule has 160 valence electrons. The van der Waals surface area contributed by atoms with Gasteiger partial charge in [0.15, 0.2) is 5.25 Å². The molecule has 0 bridgehead atoms. The van der Waals surface area contributed by atoms with E-state index in [2.05, 4.69) is 6.92 Å². The maximum atomic E-state index is 11.7. The van der Waals surface area contributed by atoms with Gasteiger partial charge in [-0.15, -0.1) is 0 Å². The van der Waals surface area contributed by atoms with Gasteiger partial charge in [0.05, 0.1) is 5.92 Å². The standard InChI is InChI=1S/C19H36O7S/c1-3-5-7-8-9-10-12-14-15(13-11-6-4-2)16(18(20)21)17(19(22)23)27(24,25)26/h15-17H,3-14H2,1-2H3,(H,20,21)(H,22,23)(H,24,25,26). The van der Waals surface area contributed by atoms with Crippen LogP contribution in [0.15, 0.2) is 0 Å². The fourth-order valence-corrected chi connectivity index (χ4v) is 4.53. The smallest absolute Gasteiger partial charge is 0.325 e. The van der Waals surface area contributed by atoms with Gasteiger partial charge in [-0.25, -0.2) is 0 Å². The highest BCUT2D eigenvalue weighted by Crippen LogP contribution is 2.31. The van der Waals surface area contributed by atoms with Gasteiger partial charge < -0.3 is 10.2 Å². The predicted molar refractivity (Wildman–Crippen MR) is 104 cm³/mol. The predicted octanol–water partition coefficient (Wildman–Crippen LogP) is 4.37. The van der Waals surface area contributed by atoms with Crippen molar-refractivity contribution in [3.05, 3.63) is 0 Å². The van der Waals surface area contributed by atoms with Crippen LogP contribution in [0.5, 0.6) is 0 Å². The molecule has 27 heavy (non-hydrogen) atoms. The molecule has 7 nitrogen and oxygen atoms in total. The molecule has 0 aromatic heterocycles. The van der Waals surface area contributed by atoms with E-state index in [1.165, 1.54) is 6.42 Å². The minimum absolute atomic E-state index is 0.444. The molecule has 0 radical (unpaired) electrons. The minimum atomic E-state index is -5.01. The van der Waals surface area contributed by atoms with Crippen molar-refractivity contribution in [2.45, 2.75) is 96.1 Å². The first kappa shape index (κ1) is 25.9. The lowest BCUT2D eigenvalue weighted by Gasteiger charge is -2.27. The zero-order chi connectivity index (χ0) is 20.9. The van der Waals surface area contributed by atoms with E-state index in [0.717, 1.165) is 51.4 Å². The Kier molecular flexibility index (Phi) is 13.3. The summed E-state index contributed by atoms with van der Waals surface area (Å²) in [6.07, 6.45) is 10.7. The van der Waals surface area contributed by atoms with E-state index in [4.69, 9.17) is 0 Å². The lowest BCUT2D eigenvalue weighted by Crippen LogP contribution is -2.44. The third-order valence-electron chi connectivity index (χ3n) is 5.04. The minimum Gasteiger partial charge on any atom is -0.481 e. The summed E-state index contributed by atoms with van der Waals surface area (Å²) < 4.78 is 32.4. The summed E-state index contributed by atoms with van der Waals surface area (Å²) >= 11 is 0. The van der Waals surface area contributed by atoms with Crippen molar-refractivity contribution in [1.29, 1.82) is 0 Å². The third kappa shape index (κ3) is 10.7. The Balaban J connectivity index is 5.11. The summed E-state index contributed by atoms with van der Waals surface area (Å²) in [6, 6.07) is 0. The van der Waals surface area contributed by atoms with Crippen LogP contribution in [0.25, 0.3) is 0 Å². The molecule has 0 amide bonds. The van der Waals surface area contributed by atoms with Crippen LogP contribution in [0.1, 0.15) is 90.9 Å². The van der Waals surface area contributed by atoms with Crippen molar-refractivity contribution < 1.29 is 32.8 Å². The molecule has 0 rings (SSSR count). The van der Waals surface area contributed by atoms with Gasteiger partial charge in [-0.2, -0.15) is 8.42 Å². The molecule has 0 aliphatic heterocycles. The SMILES string of the molecule is CCCCCCCCCC(CCCCC)C(C(=O)O)C(C(=O)O)S(=O)(=O)O. The van der Waals surface area contributed by atoms with Crippen LogP contribution in [0.2, 0.25) is 0 Å². The highest BCUT2D eigenvalue weighted by Gasteiger charge is 2.46. The van der Waals surface area contributed by atoms with Crippen molar-refractivity contribution in [3.63, 3.8) is 0 Å². The monoisotopic (exact) mass is 408 g/mol. The van der Waals surface area contributed by atoms with Crippen LogP contribution in [0.3, 0.4) is 0 Å². The molecular weight excluding hydrogens is 372 g/mol. The van der Waals surface area contributed by atoms with Crippen LogP contribution in [-0.2, 0) is 19.7 Å². The second-order valence-electron chi connectivity index (χ2n) is 7.30. The van der Waals surface area contributed by atoms with E-state index in [1.807, 2.05) is 6.92 Å². The van der Waals surface area contributed by atoms with Gasteiger partial charge >= 0.3 is 11.9 Å². The average Bonchev–Trinajstić information content (AvgIpc) is 2.55. The van der Waals surface area contributed by atoms with E-state index < -0.39 is 39.1 Å². The molecule has 3 atom stereocenters. The fourth-order valence-electron chi connectivity index (χ4n) is 3.57. The second kappa shape index (κ2) is 13.9. The number of carboxylic acids is 2. The first-order valence-corrected chi connectivity index (χ1v) is 11.6. The van der Waals surface area contributed by atoms with E-state index in [-0.39, 0.29) is 0 Å². The lowest BCUT2D eigenvalue weighted by atomic mass is 9.81. The van der Waals surface area contributed by atoms with Gasteiger partial charge in [0.25, 0.3) is 10.1 Å². The van der Waals surface area contributed by atoms with Gasteiger partial charge in [-0.1, -0.05) is 78.1 Å². The summed E-state index contributed by atoms with van der Waals surface area (Å²) in [5.74, 6) is -5.53. The van der Waals surface area contributed by atoms with E-state index in [0.29, 0.717) is 19.3 Å². The molecule has 0 heterocycles. The van der Waals surface area contributed by atoms with Gasteiger partial charge in [0.1, 0.15) is 0 Å². The third-order valence-corrected chi connectivity index (χ3v) is 6.18. The highest BCUT2D eigenvalue weighted by atomic mass is 32.2. The van der Waals surface area contributed by atoms with Crippen LogP contribution in [-0.4, -0.2) is 40.4 Å². The summed E-state index contributed by atoms with van der Waals surface area (Å²) in [4.78, 5) is 23.1. The average molecular weight is 409 g/mol. The second-order valence-corrected chi connectivity index (χ2v) is 8.84. The van der Waals surface area contributed by atoms with Crippen LogP contribution in [0, 0.1) is 11.8 Å². The van der Waals surface area contributed by atoms with Gasteiger partial charge in [0, 0.05) is 0 Å². The Morgan fingerprint density at radius 1 is 0.741 bits per heavy atom. The highest BCUT2D eigenvalue weighted by molar-refractivity contribution is 7.87. The molecule has 8 heteroatoms. The molecule has 3 unspecified atom stereocenters. The molecule has 0 aromatic rings. The first-order chi connectivity index (χ1) is 12.7. The Hall–Kier alpha value is -1.15. The number of carboxylic acid groups (broad SMARTS) is 2. The molecule has 0 spiro atoms. The molecule has 0 aromatic carbocycles. The van der Waals surface area contributed by atoms with E-state index >= 15 is 0 Å². The summed E-state index contributed by atoms with van der Waals surface area (Å²) in [5.41, 5.74) is 0. The quantitative estimate of drug-likeness (QED) is 0.241. The molecule has 0 saturated heterocycles. The summed E-state index contributed by atoms with van der Waals surface area (Å²) in [6.45, 7) is 4.14. The molecule has 0 aliphatic carbocycles. The molecular formula is C19H36O7S. The summed E-state index contributed by atoms with van der Waals surface area (Å²) in [7, 11) is -5.01. The Morgan fingerprint density at radius 2 is 1.15 bits per heavy atom. The number of hydrogen-bond donors (Lipinski definition) is 3. The normalized spacial score (nSPS) is 15.2. The van der Waals surface area contributed by atoms with Gasteiger partial charge in [0.2, 0.25) is 0 Å². The van der Waals surface area contributed by atoms with Crippen LogP contribution in [0.4, 0.5) is 0 Å².